The predicted molar refractivity (Wildman–Crippen MR) is 85.9 cm³/mol. The minimum Gasteiger partial charge on any atom is -0.383 e. The van der Waals surface area contributed by atoms with Crippen LogP contribution in [0, 0.1) is 19.8 Å². The second kappa shape index (κ2) is 6.92. The molecule has 0 aromatic heterocycles. The number of hydrogen-bond acceptors (Lipinski definition) is 3. The molecule has 0 radical (unpaired) electrons. The van der Waals surface area contributed by atoms with Gasteiger partial charge in [-0.1, -0.05) is 6.07 Å². The van der Waals surface area contributed by atoms with E-state index in [0.717, 1.165) is 16.8 Å². The van der Waals surface area contributed by atoms with E-state index in [-0.39, 0.29) is 30.2 Å². The van der Waals surface area contributed by atoms with Gasteiger partial charge in [0, 0.05) is 31.8 Å². The lowest BCUT2D eigenvalue weighted by molar-refractivity contribution is -0.127. The molecule has 2 amide bonds. The molecule has 0 saturated carbocycles. The highest BCUT2D eigenvalue weighted by atomic mass is 16.5. The van der Waals surface area contributed by atoms with E-state index >= 15 is 0 Å². The molecular weight excluding hydrogens is 280 g/mol. The summed E-state index contributed by atoms with van der Waals surface area (Å²) in [6.07, 6.45) is 0.262. The van der Waals surface area contributed by atoms with Gasteiger partial charge in [0.25, 0.3) is 0 Å². The number of hydrogen-bond donors (Lipinski definition) is 1. The standard InChI is InChI=1S/C17H24N2O3/c1-11-5-12(2)7-15(6-11)19-9-14(8-16(19)20)17(21)18-13(3)10-22-4/h5-7,13-14H,8-10H2,1-4H3,(H,18,21). The first-order valence-electron chi connectivity index (χ1n) is 7.58. The Morgan fingerprint density at radius 1 is 1.36 bits per heavy atom. The van der Waals surface area contributed by atoms with Crippen LogP contribution in [0.3, 0.4) is 0 Å². The highest BCUT2D eigenvalue weighted by molar-refractivity contribution is 6.00. The van der Waals surface area contributed by atoms with Gasteiger partial charge < -0.3 is 15.0 Å². The lowest BCUT2D eigenvalue weighted by Gasteiger charge is -2.19. The van der Waals surface area contributed by atoms with Crippen molar-refractivity contribution in [2.45, 2.75) is 33.2 Å². The molecule has 2 unspecified atom stereocenters. The van der Waals surface area contributed by atoms with Crippen LogP contribution in [0.25, 0.3) is 0 Å². The van der Waals surface area contributed by atoms with E-state index in [9.17, 15) is 9.59 Å². The Morgan fingerprint density at radius 3 is 2.59 bits per heavy atom. The van der Waals surface area contributed by atoms with Gasteiger partial charge in [-0.05, 0) is 44.0 Å². The molecule has 0 spiro atoms. The van der Waals surface area contributed by atoms with Crippen LogP contribution in [0.15, 0.2) is 18.2 Å². The molecule has 2 rings (SSSR count). The van der Waals surface area contributed by atoms with Crippen molar-refractivity contribution >= 4 is 17.5 Å². The van der Waals surface area contributed by atoms with E-state index < -0.39 is 0 Å². The lowest BCUT2D eigenvalue weighted by atomic mass is 10.1. The van der Waals surface area contributed by atoms with Gasteiger partial charge >= 0.3 is 0 Å². The Hall–Kier alpha value is -1.88. The van der Waals surface area contributed by atoms with Crippen molar-refractivity contribution in [3.05, 3.63) is 29.3 Å². The van der Waals surface area contributed by atoms with Crippen molar-refractivity contribution in [2.24, 2.45) is 5.92 Å². The molecule has 1 fully saturated rings. The molecule has 1 aromatic rings. The largest absolute Gasteiger partial charge is 0.383 e. The maximum Gasteiger partial charge on any atom is 0.227 e. The van der Waals surface area contributed by atoms with E-state index in [4.69, 9.17) is 4.74 Å². The number of aryl methyl sites for hydroxylation is 2. The van der Waals surface area contributed by atoms with Gasteiger partial charge in [-0.15, -0.1) is 0 Å². The summed E-state index contributed by atoms with van der Waals surface area (Å²) < 4.78 is 5.01. The van der Waals surface area contributed by atoms with Crippen LogP contribution in [0.5, 0.6) is 0 Å². The third-order valence-electron chi connectivity index (χ3n) is 3.82. The fraction of sp³-hybridized carbons (Fsp3) is 0.529. The SMILES string of the molecule is COCC(C)NC(=O)C1CC(=O)N(c2cc(C)cc(C)c2)C1. The zero-order valence-corrected chi connectivity index (χ0v) is 13.7. The summed E-state index contributed by atoms with van der Waals surface area (Å²) in [5, 5.41) is 2.90. The average Bonchev–Trinajstić information content (AvgIpc) is 2.80. The van der Waals surface area contributed by atoms with Crippen molar-refractivity contribution in [1.82, 2.24) is 5.32 Å². The minimum absolute atomic E-state index is 0.00421. The van der Waals surface area contributed by atoms with Crippen LogP contribution in [0.4, 0.5) is 5.69 Å². The number of ether oxygens (including phenoxy) is 1. The van der Waals surface area contributed by atoms with Crippen molar-refractivity contribution in [3.8, 4) is 0 Å². The van der Waals surface area contributed by atoms with Gasteiger partial charge in [0.05, 0.1) is 12.5 Å². The van der Waals surface area contributed by atoms with Gasteiger partial charge in [-0.25, -0.2) is 0 Å². The lowest BCUT2D eigenvalue weighted by Crippen LogP contribution is -2.40. The van der Waals surface area contributed by atoms with Crippen LogP contribution < -0.4 is 10.2 Å². The van der Waals surface area contributed by atoms with Crippen LogP contribution >= 0.6 is 0 Å². The van der Waals surface area contributed by atoms with Crippen LogP contribution in [0.1, 0.15) is 24.5 Å². The molecule has 0 aliphatic carbocycles. The highest BCUT2D eigenvalue weighted by Crippen LogP contribution is 2.27. The molecular formula is C17H24N2O3. The zero-order chi connectivity index (χ0) is 16.3. The van der Waals surface area contributed by atoms with Crippen molar-refractivity contribution in [2.75, 3.05) is 25.2 Å². The summed E-state index contributed by atoms with van der Waals surface area (Å²) >= 11 is 0. The quantitative estimate of drug-likeness (QED) is 0.902. The third kappa shape index (κ3) is 3.85. The first-order valence-corrected chi connectivity index (χ1v) is 7.58. The monoisotopic (exact) mass is 304 g/mol. The maximum absolute atomic E-state index is 12.2. The number of methoxy groups -OCH3 is 1. The normalized spacial score (nSPS) is 19.4. The first-order chi connectivity index (χ1) is 10.4. The summed E-state index contributed by atoms with van der Waals surface area (Å²) in [5.74, 6) is -0.373. The van der Waals surface area contributed by atoms with Crippen molar-refractivity contribution in [1.29, 1.82) is 0 Å². The highest BCUT2D eigenvalue weighted by Gasteiger charge is 2.35. The van der Waals surface area contributed by atoms with E-state index in [1.165, 1.54) is 0 Å². The van der Waals surface area contributed by atoms with E-state index in [0.29, 0.717) is 13.2 Å². The Kier molecular flexibility index (Phi) is 5.19. The fourth-order valence-corrected chi connectivity index (χ4v) is 2.89. The van der Waals surface area contributed by atoms with E-state index in [1.807, 2.05) is 32.9 Å². The molecule has 1 aromatic carbocycles. The summed E-state index contributed by atoms with van der Waals surface area (Å²) in [5.41, 5.74) is 3.11. The minimum atomic E-state index is -0.298. The predicted octanol–water partition coefficient (Wildman–Crippen LogP) is 1.81. The first kappa shape index (κ1) is 16.5. The van der Waals surface area contributed by atoms with Crippen molar-refractivity contribution < 1.29 is 14.3 Å². The summed E-state index contributed by atoms with van der Waals surface area (Å²) in [7, 11) is 1.60. The molecule has 2 atom stereocenters. The average molecular weight is 304 g/mol. The Balaban J connectivity index is 2.05. The Labute approximate surface area is 131 Å². The summed E-state index contributed by atoms with van der Waals surface area (Å²) in [6.45, 7) is 6.81. The van der Waals surface area contributed by atoms with Gasteiger partial charge in [0.2, 0.25) is 11.8 Å². The number of rotatable bonds is 5. The number of nitrogens with one attached hydrogen (secondary N) is 1. The van der Waals surface area contributed by atoms with Crippen LogP contribution in [0.2, 0.25) is 0 Å². The topological polar surface area (TPSA) is 58.6 Å². The molecule has 0 bridgehead atoms. The summed E-state index contributed by atoms with van der Waals surface area (Å²) in [6, 6.07) is 5.99. The molecule has 5 nitrogen and oxygen atoms in total. The number of carbonyl (C=O) groups is 2. The van der Waals surface area contributed by atoms with Gasteiger partial charge in [-0.2, -0.15) is 0 Å². The molecule has 1 saturated heterocycles. The number of anilines is 1. The molecule has 1 aliphatic rings. The van der Waals surface area contributed by atoms with Crippen LogP contribution in [-0.4, -0.2) is 38.1 Å². The van der Waals surface area contributed by atoms with Gasteiger partial charge in [0.15, 0.2) is 0 Å². The van der Waals surface area contributed by atoms with Crippen LogP contribution in [-0.2, 0) is 14.3 Å². The maximum atomic E-state index is 12.2. The molecule has 1 N–H and O–H groups in total. The molecule has 1 heterocycles. The van der Waals surface area contributed by atoms with Gasteiger partial charge in [0.1, 0.15) is 0 Å². The number of benzene rings is 1. The Morgan fingerprint density at radius 2 is 2.00 bits per heavy atom. The van der Waals surface area contributed by atoms with Gasteiger partial charge in [-0.3, -0.25) is 9.59 Å². The summed E-state index contributed by atoms with van der Waals surface area (Å²) in [4.78, 5) is 26.2. The molecule has 1 aliphatic heterocycles. The number of nitrogens with zero attached hydrogens (tertiary/aromatic N) is 1. The second-order valence-electron chi connectivity index (χ2n) is 6.12. The molecule has 120 valence electrons. The van der Waals surface area contributed by atoms with Crippen molar-refractivity contribution in [3.63, 3.8) is 0 Å². The zero-order valence-electron chi connectivity index (χ0n) is 13.7. The Bertz CT molecular complexity index is 551. The molecule has 22 heavy (non-hydrogen) atoms. The second-order valence-corrected chi connectivity index (χ2v) is 6.12. The van der Waals surface area contributed by atoms with E-state index in [1.54, 1.807) is 12.0 Å². The number of amides is 2. The molecule has 5 heteroatoms. The number of carbonyl (C=O) groups excluding carboxylic acids is 2. The smallest absolute Gasteiger partial charge is 0.227 e. The fourth-order valence-electron chi connectivity index (χ4n) is 2.89. The third-order valence-corrected chi connectivity index (χ3v) is 3.82. The van der Waals surface area contributed by atoms with E-state index in [2.05, 4.69) is 11.4 Å².